The average molecular weight is 383 g/mol. The molecule has 27 heavy (non-hydrogen) atoms. The van der Waals surface area contributed by atoms with Gasteiger partial charge in [0.25, 0.3) is 5.91 Å². The molecule has 0 aliphatic rings. The average Bonchev–Trinajstić information content (AvgIpc) is 2.70. The lowest BCUT2D eigenvalue weighted by Gasteiger charge is -2.08. The first kappa shape index (κ1) is 18.7. The van der Waals surface area contributed by atoms with Crippen LogP contribution in [-0.2, 0) is 6.42 Å². The van der Waals surface area contributed by atoms with Gasteiger partial charge >= 0.3 is 0 Å². The molecule has 0 atom stereocenters. The molecule has 2 N–H and O–H groups in total. The molecule has 0 bridgehead atoms. The van der Waals surface area contributed by atoms with Crippen molar-refractivity contribution in [2.75, 3.05) is 24.3 Å². The maximum absolute atomic E-state index is 12.4. The maximum Gasteiger partial charge on any atom is 0.274 e. The van der Waals surface area contributed by atoms with Gasteiger partial charge < -0.3 is 15.4 Å². The number of rotatable bonds is 7. The van der Waals surface area contributed by atoms with Crippen molar-refractivity contribution in [2.24, 2.45) is 0 Å². The van der Waals surface area contributed by atoms with Crippen molar-refractivity contribution in [2.45, 2.75) is 6.42 Å². The number of ether oxygens (including phenoxy) is 1. The van der Waals surface area contributed by atoms with Crippen LogP contribution in [0.25, 0.3) is 0 Å². The van der Waals surface area contributed by atoms with Crippen molar-refractivity contribution in [3.8, 4) is 5.75 Å². The SMILES string of the molecule is COc1ccc(CCNc2nccc(C(=O)Nc3ccccc3Cl)n2)cc1. The van der Waals surface area contributed by atoms with Gasteiger partial charge in [-0.1, -0.05) is 35.9 Å². The first-order chi connectivity index (χ1) is 13.2. The molecule has 1 aromatic heterocycles. The Balaban J connectivity index is 1.58. The summed E-state index contributed by atoms with van der Waals surface area (Å²) >= 11 is 6.07. The van der Waals surface area contributed by atoms with Crippen molar-refractivity contribution in [1.29, 1.82) is 0 Å². The molecule has 0 radical (unpaired) electrons. The van der Waals surface area contributed by atoms with E-state index >= 15 is 0 Å². The van der Waals surface area contributed by atoms with Crippen LogP contribution in [0.2, 0.25) is 5.02 Å². The van der Waals surface area contributed by atoms with Crippen molar-refractivity contribution in [3.05, 3.63) is 77.1 Å². The van der Waals surface area contributed by atoms with Crippen LogP contribution in [0.1, 0.15) is 16.1 Å². The van der Waals surface area contributed by atoms with Gasteiger partial charge in [-0.15, -0.1) is 0 Å². The molecule has 2 aromatic carbocycles. The van der Waals surface area contributed by atoms with Gasteiger partial charge in [-0.3, -0.25) is 4.79 Å². The zero-order valence-corrected chi connectivity index (χ0v) is 15.5. The fourth-order valence-corrected chi connectivity index (χ4v) is 2.61. The number of aromatic nitrogens is 2. The second-order valence-electron chi connectivity index (χ2n) is 5.72. The van der Waals surface area contributed by atoms with E-state index in [0.29, 0.717) is 23.2 Å². The molecule has 7 heteroatoms. The third kappa shape index (κ3) is 5.18. The van der Waals surface area contributed by atoms with Crippen LogP contribution >= 0.6 is 11.6 Å². The molecular weight excluding hydrogens is 364 g/mol. The summed E-state index contributed by atoms with van der Waals surface area (Å²) in [5, 5.41) is 6.35. The van der Waals surface area contributed by atoms with Gasteiger partial charge in [-0.05, 0) is 42.3 Å². The quantitative estimate of drug-likeness (QED) is 0.644. The van der Waals surface area contributed by atoms with E-state index in [9.17, 15) is 4.79 Å². The van der Waals surface area contributed by atoms with E-state index in [2.05, 4.69) is 20.6 Å². The number of halogens is 1. The number of nitrogens with zero attached hydrogens (tertiary/aromatic N) is 2. The third-order valence-corrected chi connectivity index (χ3v) is 4.20. The van der Waals surface area contributed by atoms with E-state index in [1.54, 1.807) is 43.6 Å². The van der Waals surface area contributed by atoms with Gasteiger partial charge in [-0.25, -0.2) is 9.97 Å². The smallest absolute Gasteiger partial charge is 0.274 e. The Labute approximate surface area is 162 Å². The molecule has 3 aromatic rings. The highest BCUT2D eigenvalue weighted by molar-refractivity contribution is 6.33. The molecular formula is C20H19ClN4O2. The Hall–Kier alpha value is -3.12. The van der Waals surface area contributed by atoms with Gasteiger partial charge in [0.15, 0.2) is 0 Å². The number of para-hydroxylation sites is 1. The molecule has 0 unspecified atom stereocenters. The Kier molecular flexibility index (Phi) is 6.22. The Morgan fingerprint density at radius 3 is 2.63 bits per heavy atom. The topological polar surface area (TPSA) is 76.1 Å². The Bertz CT molecular complexity index is 916. The first-order valence-electron chi connectivity index (χ1n) is 8.41. The van der Waals surface area contributed by atoms with Gasteiger partial charge in [0, 0.05) is 12.7 Å². The van der Waals surface area contributed by atoms with Crippen molar-refractivity contribution >= 4 is 29.1 Å². The molecule has 0 saturated carbocycles. The summed E-state index contributed by atoms with van der Waals surface area (Å²) in [6.45, 7) is 0.641. The number of nitrogens with one attached hydrogen (secondary N) is 2. The van der Waals surface area contributed by atoms with Crippen LogP contribution in [0.15, 0.2) is 60.8 Å². The summed E-state index contributed by atoms with van der Waals surface area (Å²) in [5.74, 6) is 0.881. The molecule has 0 saturated heterocycles. The predicted molar refractivity (Wildman–Crippen MR) is 107 cm³/mol. The molecule has 138 valence electrons. The van der Waals surface area contributed by atoms with Crippen LogP contribution in [0.3, 0.4) is 0 Å². The van der Waals surface area contributed by atoms with E-state index in [1.165, 1.54) is 0 Å². The molecule has 6 nitrogen and oxygen atoms in total. The van der Waals surface area contributed by atoms with Crippen LogP contribution in [0.4, 0.5) is 11.6 Å². The summed E-state index contributed by atoms with van der Waals surface area (Å²) in [6, 6.07) is 16.5. The number of carbonyl (C=O) groups is 1. The van der Waals surface area contributed by atoms with E-state index in [1.807, 2.05) is 24.3 Å². The highest BCUT2D eigenvalue weighted by Crippen LogP contribution is 2.21. The van der Waals surface area contributed by atoms with Crippen molar-refractivity contribution in [1.82, 2.24) is 9.97 Å². The largest absolute Gasteiger partial charge is 0.497 e. The number of amides is 1. The number of hydrogen-bond acceptors (Lipinski definition) is 5. The van der Waals surface area contributed by atoms with Gasteiger partial charge in [0.1, 0.15) is 11.4 Å². The highest BCUT2D eigenvalue weighted by Gasteiger charge is 2.10. The number of carbonyl (C=O) groups excluding carboxylic acids is 1. The van der Waals surface area contributed by atoms with Gasteiger partial charge in [0.2, 0.25) is 5.95 Å². The van der Waals surface area contributed by atoms with Crippen LogP contribution < -0.4 is 15.4 Å². The standard InChI is InChI=1S/C20H19ClN4O2/c1-27-15-8-6-14(7-9-15)10-12-22-20-23-13-11-18(25-20)19(26)24-17-5-3-2-4-16(17)21/h2-9,11,13H,10,12H2,1H3,(H,24,26)(H,22,23,25). The molecule has 0 fully saturated rings. The fourth-order valence-electron chi connectivity index (χ4n) is 2.43. The zero-order valence-electron chi connectivity index (χ0n) is 14.8. The molecule has 1 amide bonds. The van der Waals surface area contributed by atoms with Crippen LogP contribution in [0, 0.1) is 0 Å². The van der Waals surface area contributed by atoms with E-state index in [0.717, 1.165) is 17.7 Å². The lowest BCUT2D eigenvalue weighted by Crippen LogP contribution is -2.16. The number of benzene rings is 2. The fraction of sp³-hybridized carbons (Fsp3) is 0.150. The van der Waals surface area contributed by atoms with E-state index in [-0.39, 0.29) is 11.6 Å². The molecule has 1 heterocycles. The summed E-state index contributed by atoms with van der Waals surface area (Å²) < 4.78 is 5.15. The molecule has 0 aliphatic heterocycles. The summed E-state index contributed by atoms with van der Waals surface area (Å²) in [6.07, 6.45) is 2.34. The summed E-state index contributed by atoms with van der Waals surface area (Å²) in [4.78, 5) is 20.8. The Morgan fingerprint density at radius 1 is 1.11 bits per heavy atom. The second kappa shape index (κ2) is 9.00. The van der Waals surface area contributed by atoms with Gasteiger partial charge in [0.05, 0.1) is 17.8 Å². The summed E-state index contributed by atoms with van der Waals surface area (Å²) in [7, 11) is 1.64. The predicted octanol–water partition coefficient (Wildman–Crippen LogP) is 4.05. The van der Waals surface area contributed by atoms with E-state index in [4.69, 9.17) is 16.3 Å². The molecule has 0 spiro atoms. The number of anilines is 2. The second-order valence-corrected chi connectivity index (χ2v) is 6.13. The summed E-state index contributed by atoms with van der Waals surface area (Å²) in [5.41, 5.74) is 1.96. The number of methoxy groups -OCH3 is 1. The minimum Gasteiger partial charge on any atom is -0.497 e. The highest BCUT2D eigenvalue weighted by atomic mass is 35.5. The lowest BCUT2D eigenvalue weighted by atomic mass is 10.1. The molecule has 3 rings (SSSR count). The first-order valence-corrected chi connectivity index (χ1v) is 8.79. The third-order valence-electron chi connectivity index (χ3n) is 3.87. The minimum absolute atomic E-state index is 0.261. The monoisotopic (exact) mass is 382 g/mol. The number of hydrogen-bond donors (Lipinski definition) is 2. The normalized spacial score (nSPS) is 10.3. The van der Waals surface area contributed by atoms with Crippen LogP contribution in [0.5, 0.6) is 5.75 Å². The van der Waals surface area contributed by atoms with Crippen molar-refractivity contribution in [3.63, 3.8) is 0 Å². The molecule has 0 aliphatic carbocycles. The van der Waals surface area contributed by atoms with Crippen molar-refractivity contribution < 1.29 is 9.53 Å². The van der Waals surface area contributed by atoms with Gasteiger partial charge in [-0.2, -0.15) is 0 Å². The maximum atomic E-state index is 12.4. The van der Waals surface area contributed by atoms with E-state index < -0.39 is 0 Å². The lowest BCUT2D eigenvalue weighted by molar-refractivity contribution is 0.102. The zero-order chi connectivity index (χ0) is 19.1. The Morgan fingerprint density at radius 2 is 1.89 bits per heavy atom. The van der Waals surface area contributed by atoms with Crippen LogP contribution in [-0.4, -0.2) is 29.5 Å². The minimum atomic E-state index is -0.344.